The third-order valence-corrected chi connectivity index (χ3v) is 5.92. The molecule has 0 aliphatic rings. The quantitative estimate of drug-likeness (QED) is 0.561. The van der Waals surface area contributed by atoms with Gasteiger partial charge in [0.1, 0.15) is 0 Å². The predicted molar refractivity (Wildman–Crippen MR) is 41.8 cm³/mol. The fourth-order valence-electron chi connectivity index (χ4n) is 0.0958. The fourth-order valence-corrected chi connectivity index (χ4v) is 4.09. The van der Waals surface area contributed by atoms with E-state index in [4.69, 9.17) is 11.2 Å². The van der Waals surface area contributed by atoms with Crippen LogP contribution in [0.25, 0.3) is 0 Å². The molecule has 0 bridgehead atoms. The van der Waals surface area contributed by atoms with Gasteiger partial charge in [-0.05, 0) is 33.5 Å². The minimum atomic E-state index is 0.147. The highest BCUT2D eigenvalue weighted by molar-refractivity contribution is 9.10. The second-order valence-electron chi connectivity index (χ2n) is 0.636. The van der Waals surface area contributed by atoms with Crippen molar-refractivity contribution in [2.45, 2.75) is 0 Å². The molecule has 0 aromatic heterocycles. The van der Waals surface area contributed by atoms with Gasteiger partial charge in [-0.1, -0.05) is 19.3 Å². The lowest BCUT2D eigenvalue weighted by Crippen LogP contribution is -1.62. The number of hydrogen-bond donors (Lipinski definition) is 0. The maximum absolute atomic E-state index is 4.85. The van der Waals surface area contributed by atoms with Crippen molar-refractivity contribution >= 4 is 40.3 Å². The van der Waals surface area contributed by atoms with E-state index < -0.39 is 0 Å². The second kappa shape index (κ2) is 4.43. The molecule has 1 atom stereocenters. The maximum Gasteiger partial charge on any atom is -0.00308 e. The Morgan fingerprint density at radius 1 is 1.67 bits per heavy atom. The van der Waals surface area contributed by atoms with Gasteiger partial charge in [-0.25, -0.2) is 0 Å². The van der Waals surface area contributed by atoms with Crippen LogP contribution in [0.1, 0.15) is 0 Å². The first kappa shape index (κ1) is 7.27. The molecule has 0 aliphatic heterocycles. The van der Waals surface area contributed by atoms with E-state index in [0.29, 0.717) is 0 Å². The molecule has 0 rings (SSSR count). The molecule has 0 heterocycles. The van der Waals surface area contributed by atoms with Gasteiger partial charge in [-0.2, -0.15) is 0 Å². The molecule has 0 aromatic carbocycles. The Morgan fingerprint density at radius 2 is 2.17 bits per heavy atom. The zero-order valence-electron chi connectivity index (χ0n) is 3.63. The first-order valence-corrected chi connectivity index (χ1v) is 6.95. The highest BCUT2D eigenvalue weighted by atomic mass is 33.6. The molecule has 1 unspecified atom stereocenters. The molecule has 0 radical (unpaired) electrons. The highest BCUT2D eigenvalue weighted by Crippen LogP contribution is 2.19. The van der Waals surface area contributed by atoms with Gasteiger partial charge in [-0.15, -0.1) is 0 Å². The molecule has 0 spiro atoms. The Kier molecular flexibility index (Phi) is 5.37. The lowest BCUT2D eigenvalue weighted by atomic mass is 12.0. The lowest BCUT2D eigenvalue weighted by molar-refractivity contribution is 2.53. The van der Waals surface area contributed by atoms with Gasteiger partial charge in [0, 0.05) is 0 Å². The fraction of sp³-hybridized carbons (Fsp3) is 1.00. The third kappa shape index (κ3) is 5.27. The standard InChI is InChI=1S/C2H6S4/c1-4-5-6(2)3/h1-2H3. The SMILES string of the molecule is CSSS(C)=S. The van der Waals surface area contributed by atoms with Crippen LogP contribution in [0.5, 0.6) is 0 Å². The normalized spacial score (nSPS) is 14.3. The van der Waals surface area contributed by atoms with Crippen LogP contribution in [-0.4, -0.2) is 12.5 Å². The topological polar surface area (TPSA) is 0 Å². The van der Waals surface area contributed by atoms with E-state index in [-0.39, 0.29) is 8.49 Å². The zero-order valence-corrected chi connectivity index (χ0v) is 6.90. The molecule has 0 amide bonds. The van der Waals surface area contributed by atoms with Crippen LogP contribution in [0.2, 0.25) is 0 Å². The summed E-state index contributed by atoms with van der Waals surface area (Å²) in [5, 5.41) is 0. The Bertz CT molecular complexity index is 49.5. The van der Waals surface area contributed by atoms with Crippen molar-refractivity contribution in [3.05, 3.63) is 0 Å². The summed E-state index contributed by atoms with van der Waals surface area (Å²) in [5.74, 6) is 0. The van der Waals surface area contributed by atoms with Crippen LogP contribution in [0, 0.1) is 0 Å². The maximum atomic E-state index is 4.85. The van der Waals surface area contributed by atoms with Gasteiger partial charge in [-0.3, -0.25) is 0 Å². The Labute approximate surface area is 52.9 Å². The molecular weight excluding hydrogens is 152 g/mol. The molecule has 0 aromatic rings. The van der Waals surface area contributed by atoms with Gasteiger partial charge in [0.15, 0.2) is 0 Å². The summed E-state index contributed by atoms with van der Waals surface area (Å²) in [4.78, 5) is 0. The molecule has 0 N–H and O–H groups in total. The van der Waals surface area contributed by atoms with Crippen molar-refractivity contribution in [2.24, 2.45) is 0 Å². The van der Waals surface area contributed by atoms with Crippen molar-refractivity contribution in [3.8, 4) is 0 Å². The third-order valence-electron chi connectivity index (χ3n) is 0.164. The molecular formula is C2H6S4. The molecule has 38 valence electrons. The van der Waals surface area contributed by atoms with E-state index >= 15 is 0 Å². The van der Waals surface area contributed by atoms with Crippen LogP contribution < -0.4 is 0 Å². The summed E-state index contributed by atoms with van der Waals surface area (Å²) in [6, 6.07) is 0. The minimum Gasteiger partial charge on any atom is -0.0857 e. The average Bonchev–Trinajstić information content (AvgIpc) is 1.35. The second-order valence-corrected chi connectivity index (χ2v) is 8.17. The smallest absolute Gasteiger partial charge is 0.00308 e. The van der Waals surface area contributed by atoms with E-state index in [1.807, 2.05) is 12.5 Å². The first-order valence-electron chi connectivity index (χ1n) is 1.32. The van der Waals surface area contributed by atoms with Gasteiger partial charge >= 0.3 is 0 Å². The Balaban J connectivity index is 2.83. The number of hydrogen-bond acceptors (Lipinski definition) is 3. The molecule has 0 nitrogen and oxygen atoms in total. The Morgan fingerprint density at radius 3 is 2.17 bits per heavy atom. The molecule has 0 fully saturated rings. The van der Waals surface area contributed by atoms with E-state index in [0.717, 1.165) is 0 Å². The molecule has 0 aliphatic carbocycles. The minimum absolute atomic E-state index is 0.147. The first-order chi connectivity index (χ1) is 2.77. The zero-order chi connectivity index (χ0) is 4.99. The van der Waals surface area contributed by atoms with Gasteiger partial charge in [0.2, 0.25) is 0 Å². The van der Waals surface area contributed by atoms with Crippen molar-refractivity contribution in [1.82, 2.24) is 0 Å². The van der Waals surface area contributed by atoms with Crippen LogP contribution in [0.4, 0.5) is 0 Å². The monoisotopic (exact) mass is 158 g/mol. The van der Waals surface area contributed by atoms with Crippen molar-refractivity contribution in [3.63, 3.8) is 0 Å². The van der Waals surface area contributed by atoms with E-state index in [1.54, 1.807) is 20.6 Å². The van der Waals surface area contributed by atoms with Gasteiger partial charge in [0.25, 0.3) is 0 Å². The van der Waals surface area contributed by atoms with Crippen molar-refractivity contribution < 1.29 is 0 Å². The largest absolute Gasteiger partial charge is 0.0857 e. The van der Waals surface area contributed by atoms with Gasteiger partial charge in [0.05, 0.1) is 0 Å². The summed E-state index contributed by atoms with van der Waals surface area (Å²) in [6.07, 6.45) is 4.08. The van der Waals surface area contributed by atoms with Crippen LogP contribution in [0.15, 0.2) is 0 Å². The summed E-state index contributed by atoms with van der Waals surface area (Å²) < 4.78 is 0. The van der Waals surface area contributed by atoms with Crippen molar-refractivity contribution in [1.29, 1.82) is 0 Å². The van der Waals surface area contributed by atoms with Gasteiger partial charge < -0.3 is 0 Å². The molecule has 0 saturated heterocycles. The summed E-state index contributed by atoms with van der Waals surface area (Å²) >= 11 is 4.85. The molecule has 6 heavy (non-hydrogen) atoms. The van der Waals surface area contributed by atoms with Crippen molar-refractivity contribution in [2.75, 3.05) is 12.5 Å². The Hall–Kier alpha value is 1.27. The summed E-state index contributed by atoms with van der Waals surface area (Å²) in [7, 11) is 3.63. The number of rotatable bonds is 2. The summed E-state index contributed by atoms with van der Waals surface area (Å²) in [5.41, 5.74) is 0. The molecule has 0 saturated carbocycles. The van der Waals surface area contributed by atoms with E-state index in [2.05, 4.69) is 0 Å². The van der Waals surface area contributed by atoms with E-state index in [1.165, 1.54) is 0 Å². The average molecular weight is 158 g/mol. The highest BCUT2D eigenvalue weighted by Gasteiger charge is 1.77. The lowest BCUT2D eigenvalue weighted by Gasteiger charge is -1.85. The van der Waals surface area contributed by atoms with Crippen LogP contribution in [0.3, 0.4) is 0 Å². The molecule has 4 heteroatoms. The van der Waals surface area contributed by atoms with Crippen LogP contribution in [-0.2, 0) is 19.7 Å². The van der Waals surface area contributed by atoms with Crippen LogP contribution >= 0.6 is 20.6 Å². The summed E-state index contributed by atoms with van der Waals surface area (Å²) in [6.45, 7) is 0. The van der Waals surface area contributed by atoms with E-state index in [9.17, 15) is 0 Å². The predicted octanol–water partition coefficient (Wildman–Crippen LogP) is 1.62.